The van der Waals surface area contributed by atoms with Crippen molar-refractivity contribution < 1.29 is 62.1 Å². The van der Waals surface area contributed by atoms with E-state index in [0.29, 0.717) is 6.92 Å². The van der Waals surface area contributed by atoms with Crippen molar-refractivity contribution in [3.63, 3.8) is 0 Å². The molecule has 0 atom stereocenters. The molecule has 0 aliphatic carbocycles. The number of ketones is 1. The molecule has 0 rings (SSSR count). The van der Waals surface area contributed by atoms with Crippen LogP contribution in [0.15, 0.2) is 0 Å². The molecule has 0 aliphatic heterocycles. The molecule has 0 heterocycles. The fourth-order valence-electron chi connectivity index (χ4n) is 0.747. The van der Waals surface area contributed by atoms with Crippen molar-refractivity contribution >= 4 is 23.6 Å². The Morgan fingerprint density at radius 3 is 1.25 bits per heavy atom. The summed E-state index contributed by atoms with van der Waals surface area (Å²) in [5.41, 5.74) is 8.93. The van der Waals surface area contributed by atoms with E-state index in [1.165, 1.54) is 7.05 Å². The second-order valence-corrected chi connectivity index (χ2v) is 2.25. The number of hydrogen-bond acceptors (Lipinski definition) is 4. The van der Waals surface area contributed by atoms with Gasteiger partial charge in [0.1, 0.15) is 0 Å². The molecule has 0 aromatic rings. The van der Waals surface area contributed by atoms with Gasteiger partial charge in [-0.25, -0.2) is 0 Å². The van der Waals surface area contributed by atoms with E-state index >= 15 is 0 Å². The predicted octanol–water partition coefficient (Wildman–Crippen LogP) is -0.0243. The summed E-state index contributed by atoms with van der Waals surface area (Å²) in [5.74, 6) is -7.65. The van der Waals surface area contributed by atoms with Crippen LogP contribution in [0.2, 0.25) is 0 Å². The third-order valence-corrected chi connectivity index (χ3v) is 1.51. The summed E-state index contributed by atoms with van der Waals surface area (Å²) in [6, 6.07) is 0. The number of amides is 1. The molecule has 0 unspecified atom stereocenters. The zero-order valence-corrected chi connectivity index (χ0v) is 11.4. The standard InChI is InChI=1S/C6H7NO6.CH4N.Y/c1-2(8)6(3(7)9,4(10)11)5(12)13;1-2;/h1H3,(H4,7,9,10,11,12,13);2H,1H3;/q;-1;/p-1. The van der Waals surface area contributed by atoms with E-state index in [1.54, 1.807) is 0 Å². The van der Waals surface area contributed by atoms with Crippen LogP contribution < -0.4 is 0 Å². The van der Waals surface area contributed by atoms with Crippen molar-refractivity contribution in [2.45, 2.75) is 6.92 Å². The number of nitrogens with one attached hydrogen (secondary N) is 2. The monoisotopic (exact) mass is 307 g/mol. The third-order valence-electron chi connectivity index (χ3n) is 1.51. The predicted molar refractivity (Wildman–Crippen MR) is 48.0 cm³/mol. The minimum Gasteiger partial charge on any atom is -0.680 e. The van der Waals surface area contributed by atoms with Crippen LogP contribution in [0, 0.1) is 5.41 Å². The minimum atomic E-state index is -3.28. The maximum Gasteiger partial charge on any atom is 0.334 e. The van der Waals surface area contributed by atoms with Crippen LogP contribution in [0.25, 0.3) is 11.5 Å². The van der Waals surface area contributed by atoms with Crippen molar-refractivity contribution in [2.24, 2.45) is 5.41 Å². The number of aliphatic carboxylic acids is 2. The molecule has 0 spiro atoms. The Balaban J connectivity index is -0.000000529. The van der Waals surface area contributed by atoms with Crippen LogP contribution in [0.1, 0.15) is 6.92 Å². The molecular weight excluding hydrogens is 297 g/mol. The number of carboxylic acid groups (broad SMARTS) is 2. The molecule has 16 heavy (non-hydrogen) atoms. The van der Waals surface area contributed by atoms with Gasteiger partial charge < -0.3 is 26.5 Å². The zero-order valence-electron chi connectivity index (χ0n) is 8.60. The molecule has 0 aromatic heterocycles. The number of Topliss-reactive ketones (excluding diaryl/α,β-unsaturated/α-hetero) is 1. The van der Waals surface area contributed by atoms with Crippen LogP contribution in [0.3, 0.4) is 0 Å². The van der Waals surface area contributed by atoms with Gasteiger partial charge in [0.05, 0.1) is 5.91 Å². The maximum atomic E-state index is 10.7. The second-order valence-electron chi connectivity index (χ2n) is 2.25. The van der Waals surface area contributed by atoms with E-state index < -0.39 is 29.0 Å². The molecule has 1 amide bonds. The third kappa shape index (κ3) is 3.62. The Morgan fingerprint density at radius 1 is 1.00 bits per heavy atom. The summed E-state index contributed by atoms with van der Waals surface area (Å²) in [6.07, 6.45) is 0. The Kier molecular flexibility index (Phi) is 10.7. The fraction of sp³-hybridized carbons (Fsp3) is 0.429. The number of rotatable bonds is 4. The first-order chi connectivity index (χ1) is 6.77. The summed E-state index contributed by atoms with van der Waals surface area (Å²) in [5, 5.41) is 16.8. The molecule has 0 saturated heterocycles. The normalized spacial score (nSPS) is 8.94. The van der Waals surface area contributed by atoms with E-state index in [2.05, 4.69) is 0 Å². The van der Waals surface area contributed by atoms with Crippen molar-refractivity contribution in [2.75, 3.05) is 7.05 Å². The van der Waals surface area contributed by atoms with E-state index in [-0.39, 0.29) is 32.7 Å². The Labute approximate surface area is 116 Å². The van der Waals surface area contributed by atoms with Gasteiger partial charge in [-0.2, -0.15) is 7.05 Å². The second kappa shape index (κ2) is 8.31. The van der Waals surface area contributed by atoms with Crippen LogP contribution in [0.4, 0.5) is 0 Å². The summed E-state index contributed by atoms with van der Waals surface area (Å²) in [6.45, 7) is 0.634. The van der Waals surface area contributed by atoms with Crippen LogP contribution >= 0.6 is 0 Å². The molecule has 0 saturated carbocycles. The topological polar surface area (TPSA) is 156 Å². The van der Waals surface area contributed by atoms with E-state index in [4.69, 9.17) is 21.7 Å². The number of hydrogen-bond donors (Lipinski definition) is 2. The van der Waals surface area contributed by atoms with Gasteiger partial charge in [0.25, 0.3) is 5.41 Å². The fourth-order valence-corrected chi connectivity index (χ4v) is 0.747. The quantitative estimate of drug-likeness (QED) is 0.694. The first-order valence-corrected chi connectivity index (χ1v) is 3.51. The van der Waals surface area contributed by atoms with Gasteiger partial charge in [0.2, 0.25) is 0 Å². The molecule has 0 aromatic carbocycles. The number of carbonyl (C=O) groups is 4. The van der Waals surface area contributed by atoms with Gasteiger partial charge >= 0.3 is 11.9 Å². The van der Waals surface area contributed by atoms with E-state index in [1.807, 2.05) is 0 Å². The van der Waals surface area contributed by atoms with Crippen molar-refractivity contribution in [1.29, 1.82) is 0 Å². The van der Waals surface area contributed by atoms with E-state index in [0.717, 1.165) is 0 Å². The number of carbonyl (C=O) groups excluding carboxylic acids is 2. The zero-order chi connectivity index (χ0) is 12.8. The first kappa shape index (κ1) is 20.5. The van der Waals surface area contributed by atoms with Crippen LogP contribution in [-0.2, 0) is 51.9 Å². The Hall–Kier alpha value is -0.856. The molecular formula is C7H10N2O6Y-2. The van der Waals surface area contributed by atoms with Gasteiger partial charge in [0.15, 0.2) is 5.78 Å². The average Bonchev–Trinajstić information content (AvgIpc) is 2.05. The smallest absolute Gasteiger partial charge is 0.334 e. The van der Waals surface area contributed by atoms with Gasteiger partial charge in [-0.1, -0.05) is 0 Å². The van der Waals surface area contributed by atoms with Crippen LogP contribution in [0.5, 0.6) is 0 Å². The SMILES string of the molecule is CC(=O)C(C([NH-])=O)(C(=O)O)C(=O)O.C[NH-].[Y]. The van der Waals surface area contributed by atoms with Gasteiger partial charge in [-0.3, -0.25) is 14.4 Å². The summed E-state index contributed by atoms with van der Waals surface area (Å²) in [4.78, 5) is 42.0. The first-order valence-electron chi connectivity index (χ1n) is 3.51. The van der Waals surface area contributed by atoms with E-state index in [9.17, 15) is 19.2 Å². The van der Waals surface area contributed by atoms with Gasteiger partial charge in [-0.05, 0) is 6.92 Å². The molecule has 0 fully saturated rings. The van der Waals surface area contributed by atoms with Crippen molar-refractivity contribution in [1.82, 2.24) is 0 Å². The molecule has 8 nitrogen and oxygen atoms in total. The molecule has 0 aliphatic rings. The molecule has 4 N–H and O–H groups in total. The number of carboxylic acids is 2. The molecule has 9 heteroatoms. The summed E-state index contributed by atoms with van der Waals surface area (Å²) >= 11 is 0. The summed E-state index contributed by atoms with van der Waals surface area (Å²) < 4.78 is 0. The Morgan fingerprint density at radius 2 is 1.25 bits per heavy atom. The van der Waals surface area contributed by atoms with Crippen molar-refractivity contribution in [3.05, 3.63) is 11.5 Å². The minimum absolute atomic E-state index is 0. The molecule has 89 valence electrons. The maximum absolute atomic E-state index is 10.7. The van der Waals surface area contributed by atoms with Crippen LogP contribution in [-0.4, -0.2) is 40.9 Å². The largest absolute Gasteiger partial charge is 0.680 e. The molecule has 0 bridgehead atoms. The Bertz CT molecular complexity index is 242. The van der Waals surface area contributed by atoms with Gasteiger partial charge in [-0.15, -0.1) is 0 Å². The summed E-state index contributed by atoms with van der Waals surface area (Å²) in [7, 11) is 1.25. The average molecular weight is 307 g/mol. The van der Waals surface area contributed by atoms with Gasteiger partial charge in [0, 0.05) is 32.7 Å². The van der Waals surface area contributed by atoms with Crippen molar-refractivity contribution in [3.8, 4) is 0 Å². The molecule has 1 radical (unpaired) electrons.